The molecule has 0 saturated carbocycles. The molecule has 0 atom stereocenters. The first-order chi connectivity index (χ1) is 12.5. The summed E-state index contributed by atoms with van der Waals surface area (Å²) in [5.41, 5.74) is 12.7. The largest absolute Gasteiger partial charge is 0.369 e. The zero-order valence-electron chi connectivity index (χ0n) is 15.0. The summed E-state index contributed by atoms with van der Waals surface area (Å²) in [6, 6.07) is 7.62. The number of nitrogens with one attached hydrogen (secondary N) is 2. The fraction of sp³-hybridized carbons (Fsp3) is 0.286. The maximum absolute atomic E-state index is 15.2. The number of aromatic amines is 1. The van der Waals surface area contributed by atoms with Crippen LogP contribution in [-0.2, 0) is 24.2 Å². The highest BCUT2D eigenvalue weighted by Crippen LogP contribution is 2.37. The number of amides is 1. The normalized spacial score (nSPS) is 13.8. The van der Waals surface area contributed by atoms with Gasteiger partial charge < -0.3 is 16.0 Å². The lowest BCUT2D eigenvalue weighted by atomic mass is 9.91. The van der Waals surface area contributed by atoms with Crippen LogP contribution in [0.15, 0.2) is 24.3 Å². The van der Waals surface area contributed by atoms with E-state index in [0.29, 0.717) is 11.1 Å². The van der Waals surface area contributed by atoms with Crippen molar-refractivity contribution in [3.8, 4) is 11.1 Å². The number of fused-ring (bicyclic) bond motifs is 2. The van der Waals surface area contributed by atoms with Crippen LogP contribution in [-0.4, -0.2) is 17.4 Å². The summed E-state index contributed by atoms with van der Waals surface area (Å²) < 4.78 is 15.2. The minimum Gasteiger partial charge on any atom is -0.369 e. The van der Waals surface area contributed by atoms with Crippen molar-refractivity contribution in [2.45, 2.75) is 33.2 Å². The van der Waals surface area contributed by atoms with Gasteiger partial charge in [-0.3, -0.25) is 4.79 Å². The third kappa shape index (κ3) is 2.69. The summed E-state index contributed by atoms with van der Waals surface area (Å²) in [6.07, 6.45) is 1.01. The topological polar surface area (TPSA) is 70.9 Å². The number of aromatic nitrogens is 1. The van der Waals surface area contributed by atoms with Crippen LogP contribution in [0, 0.1) is 19.7 Å². The Morgan fingerprint density at radius 2 is 2.04 bits per heavy atom. The molecule has 4 nitrogen and oxygen atoms in total. The molecule has 0 saturated heterocycles. The molecule has 4 rings (SSSR count). The van der Waals surface area contributed by atoms with Gasteiger partial charge in [-0.25, -0.2) is 4.39 Å². The average Bonchev–Trinajstić information content (AvgIpc) is 2.90. The molecule has 3 aromatic rings. The standard InChI is InChI=1S/C21H22FN3O/c1-11-12(2)25-21-15(9-18(23)26)8-17(22)20(19(11)21)14-4-3-13-5-6-24-10-16(13)7-14/h3-4,7-8,24-25H,5-6,9-10H2,1-2H3,(H2,23,26). The number of hydrogen-bond donors (Lipinski definition) is 3. The van der Waals surface area contributed by atoms with Crippen molar-refractivity contribution in [2.75, 3.05) is 6.54 Å². The summed E-state index contributed by atoms with van der Waals surface area (Å²) >= 11 is 0. The van der Waals surface area contributed by atoms with Crippen LogP contribution in [0.1, 0.15) is 27.9 Å². The monoisotopic (exact) mass is 351 g/mol. The Bertz CT molecular complexity index is 1040. The molecular weight excluding hydrogens is 329 g/mol. The third-order valence-electron chi connectivity index (χ3n) is 5.36. The number of hydrogen-bond acceptors (Lipinski definition) is 2. The molecule has 0 bridgehead atoms. The van der Waals surface area contributed by atoms with E-state index >= 15 is 4.39 Å². The van der Waals surface area contributed by atoms with Gasteiger partial charge in [0.2, 0.25) is 5.91 Å². The molecule has 2 heterocycles. The van der Waals surface area contributed by atoms with Gasteiger partial charge in [-0.15, -0.1) is 0 Å². The molecule has 0 spiro atoms. The quantitative estimate of drug-likeness (QED) is 0.678. The Morgan fingerprint density at radius 1 is 1.23 bits per heavy atom. The highest BCUT2D eigenvalue weighted by molar-refractivity contribution is 6.01. The van der Waals surface area contributed by atoms with E-state index in [-0.39, 0.29) is 12.2 Å². The molecule has 0 radical (unpaired) electrons. The van der Waals surface area contributed by atoms with E-state index < -0.39 is 5.91 Å². The maximum atomic E-state index is 15.2. The number of benzene rings is 2. The summed E-state index contributed by atoms with van der Waals surface area (Å²) in [7, 11) is 0. The molecule has 0 fully saturated rings. The van der Waals surface area contributed by atoms with E-state index in [2.05, 4.69) is 22.4 Å². The zero-order valence-corrected chi connectivity index (χ0v) is 15.0. The predicted octanol–water partition coefficient (Wildman–Crippen LogP) is 3.26. The van der Waals surface area contributed by atoms with E-state index in [1.54, 1.807) is 0 Å². The molecule has 5 heteroatoms. The van der Waals surface area contributed by atoms with Gasteiger partial charge in [-0.2, -0.15) is 0 Å². The minimum absolute atomic E-state index is 0.0151. The molecule has 2 aromatic carbocycles. The van der Waals surface area contributed by atoms with E-state index in [0.717, 1.165) is 47.2 Å². The number of rotatable bonds is 3. The van der Waals surface area contributed by atoms with E-state index in [1.807, 2.05) is 19.9 Å². The summed E-state index contributed by atoms with van der Waals surface area (Å²) in [5, 5.41) is 4.20. The van der Waals surface area contributed by atoms with Crippen molar-refractivity contribution in [1.29, 1.82) is 0 Å². The van der Waals surface area contributed by atoms with Crippen LogP contribution >= 0.6 is 0 Å². The minimum atomic E-state index is -0.469. The fourth-order valence-corrected chi connectivity index (χ4v) is 3.93. The number of carbonyl (C=O) groups excluding carboxylic acids is 1. The van der Waals surface area contributed by atoms with Gasteiger partial charge in [0.05, 0.1) is 11.9 Å². The van der Waals surface area contributed by atoms with Gasteiger partial charge in [0, 0.05) is 23.2 Å². The van der Waals surface area contributed by atoms with Crippen LogP contribution in [0.3, 0.4) is 0 Å². The van der Waals surface area contributed by atoms with Crippen LogP contribution in [0.5, 0.6) is 0 Å². The second-order valence-electron chi connectivity index (χ2n) is 7.07. The molecule has 134 valence electrons. The second-order valence-corrected chi connectivity index (χ2v) is 7.07. The van der Waals surface area contributed by atoms with Crippen LogP contribution < -0.4 is 11.1 Å². The first kappa shape index (κ1) is 16.8. The molecule has 1 aliphatic rings. The second kappa shape index (κ2) is 6.25. The lowest BCUT2D eigenvalue weighted by molar-refractivity contribution is -0.117. The number of halogens is 1. The Kier molecular flexibility index (Phi) is 4.04. The van der Waals surface area contributed by atoms with Crippen molar-refractivity contribution in [3.05, 3.63) is 58.0 Å². The zero-order chi connectivity index (χ0) is 18.4. The lowest BCUT2D eigenvalue weighted by Crippen LogP contribution is -2.23. The van der Waals surface area contributed by atoms with Crippen LogP contribution in [0.25, 0.3) is 22.0 Å². The number of primary amides is 1. The molecule has 1 amide bonds. The van der Waals surface area contributed by atoms with Crippen LogP contribution in [0.2, 0.25) is 0 Å². The van der Waals surface area contributed by atoms with Gasteiger partial charge in [-0.1, -0.05) is 12.1 Å². The summed E-state index contributed by atoms with van der Waals surface area (Å²) in [6.45, 7) is 5.72. The Morgan fingerprint density at radius 3 is 2.81 bits per heavy atom. The molecule has 0 aliphatic carbocycles. The fourth-order valence-electron chi connectivity index (χ4n) is 3.93. The number of H-pyrrole nitrogens is 1. The van der Waals surface area contributed by atoms with Gasteiger partial charge in [0.1, 0.15) is 5.82 Å². The molecule has 1 aliphatic heterocycles. The highest BCUT2D eigenvalue weighted by Gasteiger charge is 2.20. The molecule has 26 heavy (non-hydrogen) atoms. The van der Waals surface area contributed by atoms with Crippen molar-refractivity contribution >= 4 is 16.8 Å². The van der Waals surface area contributed by atoms with Gasteiger partial charge in [0.15, 0.2) is 0 Å². The van der Waals surface area contributed by atoms with E-state index in [1.165, 1.54) is 17.2 Å². The SMILES string of the molecule is Cc1[nH]c2c(CC(N)=O)cc(F)c(-c3ccc4c(c3)CNCC4)c2c1C. The molecule has 1 aromatic heterocycles. The smallest absolute Gasteiger partial charge is 0.221 e. The molecular formula is C21H22FN3O. The van der Waals surface area contributed by atoms with Crippen molar-refractivity contribution < 1.29 is 9.18 Å². The van der Waals surface area contributed by atoms with E-state index in [4.69, 9.17) is 5.73 Å². The molecule has 4 N–H and O–H groups in total. The predicted molar refractivity (Wildman–Crippen MR) is 101 cm³/mol. The number of aryl methyl sites for hydroxylation is 2. The Hall–Kier alpha value is -2.66. The van der Waals surface area contributed by atoms with Crippen molar-refractivity contribution in [1.82, 2.24) is 10.3 Å². The maximum Gasteiger partial charge on any atom is 0.221 e. The van der Waals surface area contributed by atoms with Crippen molar-refractivity contribution in [3.63, 3.8) is 0 Å². The average molecular weight is 351 g/mol. The van der Waals surface area contributed by atoms with Crippen molar-refractivity contribution in [2.24, 2.45) is 5.73 Å². The first-order valence-corrected chi connectivity index (χ1v) is 8.87. The third-order valence-corrected chi connectivity index (χ3v) is 5.36. The summed E-state index contributed by atoms with van der Waals surface area (Å²) in [4.78, 5) is 14.7. The Balaban J connectivity index is 1.98. The van der Waals surface area contributed by atoms with Gasteiger partial charge in [0.25, 0.3) is 0 Å². The number of carbonyl (C=O) groups is 1. The first-order valence-electron chi connectivity index (χ1n) is 8.87. The van der Waals surface area contributed by atoms with Crippen LogP contribution in [0.4, 0.5) is 4.39 Å². The van der Waals surface area contributed by atoms with E-state index in [9.17, 15) is 4.79 Å². The summed E-state index contributed by atoms with van der Waals surface area (Å²) in [5.74, 6) is -0.789. The lowest BCUT2D eigenvalue weighted by Gasteiger charge is -2.19. The van der Waals surface area contributed by atoms with Gasteiger partial charge in [-0.05, 0) is 66.8 Å². The number of nitrogens with two attached hydrogens (primary N) is 1. The Labute approximate surface area is 151 Å². The molecule has 0 unspecified atom stereocenters. The van der Waals surface area contributed by atoms with Gasteiger partial charge >= 0.3 is 0 Å². The highest BCUT2D eigenvalue weighted by atomic mass is 19.1.